The predicted molar refractivity (Wildman–Crippen MR) is 86.9 cm³/mol. The van der Waals surface area contributed by atoms with Gasteiger partial charge >= 0.3 is 6.09 Å². The normalized spacial score (nSPS) is 24.9. The minimum absolute atomic E-state index is 0.257. The molecule has 5 nitrogen and oxygen atoms in total. The van der Waals surface area contributed by atoms with Crippen LogP contribution in [0.4, 0.5) is 4.79 Å². The molecule has 2 fully saturated rings. The van der Waals surface area contributed by atoms with Gasteiger partial charge < -0.3 is 19.5 Å². The van der Waals surface area contributed by atoms with Crippen LogP contribution in [0.15, 0.2) is 18.2 Å². The molecular weight excluding hydrogens is 294 g/mol. The van der Waals surface area contributed by atoms with Crippen LogP contribution in [-0.4, -0.2) is 25.9 Å². The lowest BCUT2D eigenvalue weighted by molar-refractivity contribution is -0.0203. The van der Waals surface area contributed by atoms with Crippen molar-refractivity contribution < 1.29 is 19.0 Å². The van der Waals surface area contributed by atoms with Crippen LogP contribution in [0.1, 0.15) is 51.0 Å². The molecular formula is C18H25NO4. The zero-order valence-corrected chi connectivity index (χ0v) is 13.9. The molecule has 5 heteroatoms. The summed E-state index contributed by atoms with van der Waals surface area (Å²) in [7, 11) is 1.65. The van der Waals surface area contributed by atoms with Crippen LogP contribution in [0.3, 0.4) is 0 Å². The summed E-state index contributed by atoms with van der Waals surface area (Å²) < 4.78 is 17.3. The zero-order valence-electron chi connectivity index (χ0n) is 13.9. The Balaban J connectivity index is 1.90. The maximum Gasteiger partial charge on any atom is 0.408 e. The van der Waals surface area contributed by atoms with Crippen LogP contribution in [0, 0.1) is 0 Å². The molecule has 1 amide bonds. The van der Waals surface area contributed by atoms with Crippen molar-refractivity contribution in [2.24, 2.45) is 0 Å². The van der Waals surface area contributed by atoms with Gasteiger partial charge in [0.1, 0.15) is 5.60 Å². The molecule has 1 atom stereocenters. The van der Waals surface area contributed by atoms with Crippen molar-refractivity contribution in [1.29, 1.82) is 0 Å². The number of cyclic esters (lactones) is 1. The second-order valence-corrected chi connectivity index (χ2v) is 6.30. The SMILES string of the molecule is CCC1(c2ccc(OC)c(OC3CCCC3)c2)CCNC(=O)O1. The van der Waals surface area contributed by atoms with Gasteiger partial charge in [-0.2, -0.15) is 0 Å². The number of carbonyl (C=O) groups excluding carboxylic acids is 1. The first kappa shape index (κ1) is 16.0. The number of benzene rings is 1. The minimum atomic E-state index is -0.581. The highest BCUT2D eigenvalue weighted by molar-refractivity contribution is 5.69. The number of carbonyl (C=O) groups is 1. The summed E-state index contributed by atoms with van der Waals surface area (Å²) in [6.45, 7) is 2.66. The number of hydrogen-bond acceptors (Lipinski definition) is 4. The summed E-state index contributed by atoms with van der Waals surface area (Å²) in [5, 5.41) is 2.72. The molecule has 1 saturated carbocycles. The number of alkyl carbamates (subject to hydrolysis) is 1. The van der Waals surface area contributed by atoms with E-state index in [0.717, 1.165) is 42.7 Å². The van der Waals surface area contributed by atoms with Crippen molar-refractivity contribution in [3.05, 3.63) is 23.8 Å². The Bertz CT molecular complexity index is 568. The minimum Gasteiger partial charge on any atom is -0.493 e. The van der Waals surface area contributed by atoms with E-state index in [1.165, 1.54) is 12.8 Å². The summed E-state index contributed by atoms with van der Waals surface area (Å²) in [5.74, 6) is 1.48. The first-order chi connectivity index (χ1) is 11.2. The topological polar surface area (TPSA) is 56.8 Å². The molecule has 1 aliphatic carbocycles. The van der Waals surface area contributed by atoms with E-state index in [1.54, 1.807) is 7.11 Å². The van der Waals surface area contributed by atoms with Gasteiger partial charge in [0.25, 0.3) is 0 Å². The molecule has 23 heavy (non-hydrogen) atoms. The third kappa shape index (κ3) is 3.23. The maximum atomic E-state index is 11.7. The summed E-state index contributed by atoms with van der Waals surface area (Å²) in [5.41, 5.74) is 0.395. The monoisotopic (exact) mass is 319 g/mol. The Hall–Kier alpha value is -1.91. The van der Waals surface area contributed by atoms with Gasteiger partial charge in [0.2, 0.25) is 0 Å². The highest BCUT2D eigenvalue weighted by atomic mass is 16.6. The molecule has 0 bridgehead atoms. The van der Waals surface area contributed by atoms with E-state index in [-0.39, 0.29) is 12.2 Å². The highest BCUT2D eigenvalue weighted by Gasteiger charge is 2.38. The molecule has 1 saturated heterocycles. The van der Waals surface area contributed by atoms with Crippen LogP contribution in [0.5, 0.6) is 11.5 Å². The first-order valence-electron chi connectivity index (χ1n) is 8.49. The summed E-state index contributed by atoms with van der Waals surface area (Å²) in [4.78, 5) is 11.7. The third-order valence-electron chi connectivity index (χ3n) is 4.94. The van der Waals surface area contributed by atoms with Crippen molar-refractivity contribution in [1.82, 2.24) is 5.32 Å². The molecule has 1 unspecified atom stereocenters. The second kappa shape index (κ2) is 6.69. The number of ether oxygens (including phenoxy) is 3. The largest absolute Gasteiger partial charge is 0.493 e. The van der Waals surface area contributed by atoms with E-state index in [4.69, 9.17) is 14.2 Å². The molecule has 3 rings (SSSR count). The maximum absolute atomic E-state index is 11.7. The fraction of sp³-hybridized carbons (Fsp3) is 0.611. The van der Waals surface area contributed by atoms with Gasteiger partial charge in [0.15, 0.2) is 11.5 Å². The summed E-state index contributed by atoms with van der Waals surface area (Å²) in [6.07, 6.45) is 6.00. The number of hydrogen-bond donors (Lipinski definition) is 1. The van der Waals surface area contributed by atoms with Crippen molar-refractivity contribution in [3.63, 3.8) is 0 Å². The zero-order chi connectivity index (χ0) is 16.3. The van der Waals surface area contributed by atoms with E-state index >= 15 is 0 Å². The fourth-order valence-electron chi connectivity index (χ4n) is 3.53. The fourth-order valence-corrected chi connectivity index (χ4v) is 3.53. The molecule has 0 aromatic heterocycles. The molecule has 126 valence electrons. The molecule has 1 aromatic carbocycles. The molecule has 0 radical (unpaired) electrons. The molecule has 1 N–H and O–H groups in total. The Kier molecular flexibility index (Phi) is 4.64. The van der Waals surface area contributed by atoms with Gasteiger partial charge in [-0.1, -0.05) is 13.0 Å². The van der Waals surface area contributed by atoms with Gasteiger partial charge in [0.05, 0.1) is 13.2 Å². The van der Waals surface area contributed by atoms with E-state index in [0.29, 0.717) is 6.54 Å². The smallest absolute Gasteiger partial charge is 0.408 e. The lowest BCUT2D eigenvalue weighted by Crippen LogP contribution is -2.45. The number of amides is 1. The summed E-state index contributed by atoms with van der Waals surface area (Å²) in [6, 6.07) is 5.87. The standard InChI is InChI=1S/C18H25NO4/c1-3-18(10-11-19-17(20)23-18)13-8-9-15(21-2)16(12-13)22-14-6-4-5-7-14/h8-9,12,14H,3-7,10-11H2,1-2H3,(H,19,20). The van der Waals surface area contributed by atoms with E-state index in [1.807, 2.05) is 25.1 Å². The van der Waals surface area contributed by atoms with Crippen molar-refractivity contribution in [2.75, 3.05) is 13.7 Å². The van der Waals surface area contributed by atoms with E-state index in [2.05, 4.69) is 5.32 Å². The Labute approximate surface area is 137 Å². The van der Waals surface area contributed by atoms with Crippen molar-refractivity contribution in [3.8, 4) is 11.5 Å². The molecule has 0 spiro atoms. The van der Waals surface area contributed by atoms with Crippen LogP contribution in [-0.2, 0) is 10.3 Å². The van der Waals surface area contributed by atoms with Gasteiger partial charge in [-0.15, -0.1) is 0 Å². The quantitative estimate of drug-likeness (QED) is 0.898. The Morgan fingerprint density at radius 3 is 2.74 bits per heavy atom. The van der Waals surface area contributed by atoms with Gasteiger partial charge in [-0.3, -0.25) is 0 Å². The van der Waals surface area contributed by atoms with Crippen LogP contribution < -0.4 is 14.8 Å². The molecule has 1 aromatic rings. The number of rotatable bonds is 5. The van der Waals surface area contributed by atoms with Crippen LogP contribution >= 0.6 is 0 Å². The third-order valence-corrected chi connectivity index (χ3v) is 4.94. The Morgan fingerprint density at radius 2 is 2.09 bits per heavy atom. The molecule has 1 heterocycles. The average Bonchev–Trinajstić information content (AvgIpc) is 3.07. The van der Waals surface area contributed by atoms with Gasteiger partial charge in [0, 0.05) is 13.0 Å². The van der Waals surface area contributed by atoms with E-state index < -0.39 is 5.60 Å². The predicted octanol–water partition coefficient (Wildman–Crippen LogP) is 3.75. The number of nitrogens with one attached hydrogen (secondary N) is 1. The van der Waals surface area contributed by atoms with Gasteiger partial charge in [-0.25, -0.2) is 4.79 Å². The van der Waals surface area contributed by atoms with Crippen LogP contribution in [0.25, 0.3) is 0 Å². The van der Waals surface area contributed by atoms with Crippen LogP contribution in [0.2, 0.25) is 0 Å². The van der Waals surface area contributed by atoms with E-state index in [9.17, 15) is 4.79 Å². The average molecular weight is 319 g/mol. The van der Waals surface area contributed by atoms with Gasteiger partial charge in [-0.05, 0) is 49.8 Å². The lowest BCUT2D eigenvalue weighted by Gasteiger charge is -2.37. The molecule has 1 aliphatic heterocycles. The number of methoxy groups -OCH3 is 1. The first-order valence-corrected chi connectivity index (χ1v) is 8.49. The van der Waals surface area contributed by atoms with Crippen molar-refractivity contribution >= 4 is 6.09 Å². The van der Waals surface area contributed by atoms with Crippen molar-refractivity contribution in [2.45, 2.75) is 57.2 Å². The summed E-state index contributed by atoms with van der Waals surface area (Å²) >= 11 is 0. The lowest BCUT2D eigenvalue weighted by atomic mass is 9.86. The Morgan fingerprint density at radius 1 is 1.30 bits per heavy atom. The highest BCUT2D eigenvalue weighted by Crippen LogP contribution is 2.40. The molecule has 2 aliphatic rings. The second-order valence-electron chi connectivity index (χ2n) is 6.30.